The highest BCUT2D eigenvalue weighted by atomic mass is 16.1. The van der Waals surface area contributed by atoms with Gasteiger partial charge in [-0.15, -0.1) is 0 Å². The molecule has 7 heteroatoms. The molecular formula is C20H26N6O. The number of nitrogens with zero attached hydrogens (tertiary/aromatic N) is 3. The number of amides is 1. The maximum atomic E-state index is 12.8. The Morgan fingerprint density at radius 2 is 2.07 bits per heavy atom. The summed E-state index contributed by atoms with van der Waals surface area (Å²) in [7, 11) is 1.95. The Morgan fingerprint density at radius 3 is 2.74 bits per heavy atom. The maximum absolute atomic E-state index is 12.8. The summed E-state index contributed by atoms with van der Waals surface area (Å²) >= 11 is 0. The van der Waals surface area contributed by atoms with Crippen molar-refractivity contribution in [3.63, 3.8) is 0 Å². The van der Waals surface area contributed by atoms with Crippen molar-refractivity contribution in [3.05, 3.63) is 30.7 Å². The third-order valence-electron chi connectivity index (χ3n) is 5.74. The first-order chi connectivity index (χ1) is 13.0. The Labute approximate surface area is 158 Å². The van der Waals surface area contributed by atoms with Gasteiger partial charge in [-0.05, 0) is 50.7 Å². The fourth-order valence-electron chi connectivity index (χ4n) is 4.02. The molecular weight excluding hydrogens is 340 g/mol. The summed E-state index contributed by atoms with van der Waals surface area (Å²) in [5.74, 6) is 1.51. The van der Waals surface area contributed by atoms with Crippen LogP contribution in [0.2, 0.25) is 0 Å². The fraction of sp³-hybridized carbons (Fsp3) is 0.450. The average molecular weight is 366 g/mol. The molecule has 4 rings (SSSR count). The number of hydrogen-bond acceptors (Lipinski definition) is 4. The van der Waals surface area contributed by atoms with E-state index in [2.05, 4.69) is 27.2 Å². The fourth-order valence-corrected chi connectivity index (χ4v) is 4.02. The lowest BCUT2D eigenvalue weighted by molar-refractivity contribution is -0.121. The lowest BCUT2D eigenvalue weighted by Crippen LogP contribution is -2.33. The number of anilines is 1. The predicted octanol–water partition coefficient (Wildman–Crippen LogP) is 3.06. The number of rotatable bonds is 4. The Bertz CT molecular complexity index is 948. The molecule has 0 spiro atoms. The third kappa shape index (κ3) is 3.47. The van der Waals surface area contributed by atoms with Crippen LogP contribution in [-0.2, 0) is 11.8 Å². The van der Waals surface area contributed by atoms with Crippen LogP contribution < -0.4 is 11.1 Å². The van der Waals surface area contributed by atoms with Crippen LogP contribution in [0, 0.1) is 11.8 Å². The number of fused-ring (bicyclic) bond motifs is 1. The van der Waals surface area contributed by atoms with Crippen molar-refractivity contribution in [2.24, 2.45) is 24.6 Å². The van der Waals surface area contributed by atoms with Gasteiger partial charge in [-0.25, -0.2) is 9.97 Å². The van der Waals surface area contributed by atoms with Gasteiger partial charge in [0.15, 0.2) is 5.82 Å². The zero-order valence-electron chi connectivity index (χ0n) is 15.8. The molecule has 3 aromatic heterocycles. The van der Waals surface area contributed by atoms with Crippen LogP contribution in [0.1, 0.15) is 32.6 Å². The van der Waals surface area contributed by atoms with Crippen LogP contribution in [0.4, 0.5) is 5.69 Å². The second kappa shape index (κ2) is 7.15. The topological polar surface area (TPSA) is 102 Å². The van der Waals surface area contributed by atoms with Crippen molar-refractivity contribution < 1.29 is 4.79 Å². The van der Waals surface area contributed by atoms with E-state index in [1.165, 1.54) is 0 Å². The van der Waals surface area contributed by atoms with Crippen LogP contribution in [-0.4, -0.2) is 31.5 Å². The molecule has 1 aliphatic rings. The van der Waals surface area contributed by atoms with E-state index in [9.17, 15) is 4.79 Å². The molecule has 1 aliphatic carbocycles. The van der Waals surface area contributed by atoms with E-state index in [0.717, 1.165) is 53.9 Å². The molecule has 0 saturated heterocycles. The summed E-state index contributed by atoms with van der Waals surface area (Å²) in [6.07, 6.45) is 9.22. The first kappa shape index (κ1) is 17.7. The van der Waals surface area contributed by atoms with Crippen LogP contribution in [0.25, 0.3) is 22.6 Å². The molecule has 1 amide bonds. The average Bonchev–Trinajstić information content (AvgIpc) is 3.28. The van der Waals surface area contributed by atoms with Gasteiger partial charge in [0, 0.05) is 43.0 Å². The zero-order chi connectivity index (χ0) is 19.0. The van der Waals surface area contributed by atoms with E-state index < -0.39 is 0 Å². The van der Waals surface area contributed by atoms with Gasteiger partial charge in [0.2, 0.25) is 5.91 Å². The number of carbonyl (C=O) groups excluding carboxylic acids is 1. The molecule has 1 fully saturated rings. The maximum Gasteiger partial charge on any atom is 0.227 e. The van der Waals surface area contributed by atoms with E-state index in [4.69, 9.17) is 5.73 Å². The van der Waals surface area contributed by atoms with Gasteiger partial charge in [0.1, 0.15) is 5.65 Å². The minimum absolute atomic E-state index is 0.0520. The normalized spacial score (nSPS) is 21.3. The van der Waals surface area contributed by atoms with Gasteiger partial charge in [0.05, 0.1) is 11.4 Å². The van der Waals surface area contributed by atoms with Crippen molar-refractivity contribution in [1.29, 1.82) is 0 Å². The minimum atomic E-state index is 0.0520. The van der Waals surface area contributed by atoms with E-state index in [0.29, 0.717) is 5.92 Å². The predicted molar refractivity (Wildman–Crippen MR) is 106 cm³/mol. The van der Waals surface area contributed by atoms with Crippen molar-refractivity contribution in [1.82, 2.24) is 19.5 Å². The molecule has 7 nitrogen and oxygen atoms in total. The smallest absolute Gasteiger partial charge is 0.227 e. The first-order valence-corrected chi connectivity index (χ1v) is 9.55. The number of nitrogens with two attached hydrogens (primary N) is 1. The van der Waals surface area contributed by atoms with Crippen molar-refractivity contribution in [2.75, 3.05) is 5.32 Å². The summed E-state index contributed by atoms with van der Waals surface area (Å²) in [5.41, 5.74) is 8.42. The third-order valence-corrected chi connectivity index (χ3v) is 5.74. The molecule has 1 unspecified atom stereocenters. The summed E-state index contributed by atoms with van der Waals surface area (Å²) in [5, 5.41) is 4.01. The number of aryl methyl sites for hydroxylation is 1. The molecule has 0 aromatic carbocycles. The monoisotopic (exact) mass is 366 g/mol. The molecule has 0 aliphatic heterocycles. The number of H-pyrrole nitrogens is 1. The lowest BCUT2D eigenvalue weighted by atomic mass is 9.79. The van der Waals surface area contributed by atoms with E-state index >= 15 is 0 Å². The Morgan fingerprint density at radius 1 is 1.30 bits per heavy atom. The van der Waals surface area contributed by atoms with Crippen molar-refractivity contribution in [3.8, 4) is 11.5 Å². The number of pyridine rings is 1. The quantitative estimate of drug-likeness (QED) is 0.660. The minimum Gasteiger partial charge on any atom is -0.337 e. The van der Waals surface area contributed by atoms with Gasteiger partial charge in [-0.1, -0.05) is 0 Å². The molecule has 27 heavy (non-hydrogen) atoms. The van der Waals surface area contributed by atoms with Gasteiger partial charge < -0.3 is 20.6 Å². The summed E-state index contributed by atoms with van der Waals surface area (Å²) in [4.78, 5) is 24.8. The molecule has 0 radical (unpaired) electrons. The number of imidazole rings is 1. The van der Waals surface area contributed by atoms with Crippen LogP contribution in [0.5, 0.6) is 0 Å². The second-order valence-electron chi connectivity index (χ2n) is 7.63. The number of aromatic nitrogens is 4. The summed E-state index contributed by atoms with van der Waals surface area (Å²) in [6, 6.07) is 4.05. The van der Waals surface area contributed by atoms with Crippen molar-refractivity contribution >= 4 is 22.6 Å². The molecule has 3 aromatic rings. The van der Waals surface area contributed by atoms with Crippen LogP contribution in [0.3, 0.4) is 0 Å². The Kier molecular flexibility index (Phi) is 4.70. The van der Waals surface area contributed by atoms with Gasteiger partial charge in [-0.3, -0.25) is 4.79 Å². The van der Waals surface area contributed by atoms with Gasteiger partial charge >= 0.3 is 0 Å². The summed E-state index contributed by atoms with van der Waals surface area (Å²) in [6.45, 7) is 2.06. The molecule has 142 valence electrons. The van der Waals surface area contributed by atoms with E-state index in [-0.39, 0.29) is 17.9 Å². The largest absolute Gasteiger partial charge is 0.337 e. The number of aromatic amines is 1. The second-order valence-corrected chi connectivity index (χ2v) is 7.63. The van der Waals surface area contributed by atoms with Gasteiger partial charge in [-0.2, -0.15) is 0 Å². The van der Waals surface area contributed by atoms with E-state index in [1.54, 1.807) is 12.4 Å². The molecule has 0 bridgehead atoms. The zero-order valence-corrected chi connectivity index (χ0v) is 15.8. The van der Waals surface area contributed by atoms with E-state index in [1.807, 2.05) is 29.9 Å². The highest BCUT2D eigenvalue weighted by Crippen LogP contribution is 2.32. The molecule has 1 atom stereocenters. The van der Waals surface area contributed by atoms with Crippen LogP contribution in [0.15, 0.2) is 30.7 Å². The summed E-state index contributed by atoms with van der Waals surface area (Å²) < 4.78 is 1.94. The molecule has 1 saturated carbocycles. The number of hydrogen-bond donors (Lipinski definition) is 3. The number of carbonyl (C=O) groups is 1. The molecule has 3 heterocycles. The van der Waals surface area contributed by atoms with Gasteiger partial charge in [0.25, 0.3) is 0 Å². The van der Waals surface area contributed by atoms with Crippen LogP contribution >= 0.6 is 0 Å². The lowest BCUT2D eigenvalue weighted by Gasteiger charge is -2.30. The number of nitrogens with one attached hydrogen (secondary N) is 2. The Balaban J connectivity index is 1.53. The standard InChI is InChI=1S/C20H26N6O/c1-12(21)13-3-5-14(6-4-13)20(27)25-16-7-8-22-18-15(16)11-17(24-18)19-23-9-10-26(19)2/h7-14H,3-6,21H2,1-2H3,(H2,22,24,25,27)/t12?,13-,14-. The highest BCUT2D eigenvalue weighted by Gasteiger charge is 2.28. The Hall–Kier alpha value is -2.67. The highest BCUT2D eigenvalue weighted by molar-refractivity contribution is 6.02. The SMILES string of the molecule is CC(N)[C@H]1CC[C@H](C(=O)Nc2ccnc3[nH]c(-c4nccn4C)cc23)CC1. The van der Waals surface area contributed by atoms with Crippen molar-refractivity contribution in [2.45, 2.75) is 38.6 Å². The first-order valence-electron chi connectivity index (χ1n) is 9.55. The molecule has 4 N–H and O–H groups in total.